The van der Waals surface area contributed by atoms with E-state index in [1.807, 2.05) is 12.1 Å². The normalized spacial score (nSPS) is 17.7. The monoisotopic (exact) mass is 448 g/mol. The Bertz CT molecular complexity index is 1250. The molecule has 0 unspecified atom stereocenters. The molecule has 1 saturated heterocycles. The van der Waals surface area contributed by atoms with Gasteiger partial charge in [0.05, 0.1) is 23.2 Å². The highest BCUT2D eigenvalue weighted by atomic mass is 35.5. The van der Waals surface area contributed by atoms with Gasteiger partial charge in [0.15, 0.2) is 0 Å². The smallest absolute Gasteiger partial charge is 0.326 e. The first-order chi connectivity index (χ1) is 15.4. The number of carbonyl (C=O) groups excluding carboxylic acids is 1. The Morgan fingerprint density at radius 2 is 1.78 bits per heavy atom. The number of nitriles is 1. The zero-order valence-electron chi connectivity index (χ0n) is 16.8. The lowest BCUT2D eigenvalue weighted by Crippen LogP contribution is -2.42. The van der Waals surface area contributed by atoms with E-state index in [4.69, 9.17) is 11.6 Å². The number of rotatable bonds is 4. The van der Waals surface area contributed by atoms with E-state index in [2.05, 4.69) is 0 Å². The molecule has 3 aromatic rings. The summed E-state index contributed by atoms with van der Waals surface area (Å²) in [4.78, 5) is 26.6. The Hall–Kier alpha value is -3.69. The van der Waals surface area contributed by atoms with Gasteiger partial charge in [0.2, 0.25) is 0 Å². The van der Waals surface area contributed by atoms with Crippen LogP contribution >= 0.6 is 11.6 Å². The number of benzene rings is 3. The fourth-order valence-electron chi connectivity index (χ4n) is 4.21. The Labute approximate surface area is 189 Å². The zero-order chi connectivity index (χ0) is 22.8. The maximum Gasteiger partial charge on any atom is 0.326 e. The van der Waals surface area contributed by atoms with Gasteiger partial charge in [0.25, 0.3) is 5.91 Å². The Balaban J connectivity index is 1.77. The number of carboxylic acids is 1. The molecule has 0 spiro atoms. The van der Waals surface area contributed by atoms with Crippen molar-refractivity contribution < 1.29 is 19.1 Å². The number of hydrogen-bond donors (Lipinski definition) is 1. The molecule has 1 N–H and O–H groups in total. The van der Waals surface area contributed by atoms with Gasteiger partial charge in [-0.25, -0.2) is 9.18 Å². The van der Waals surface area contributed by atoms with Crippen LogP contribution < -0.4 is 0 Å². The van der Waals surface area contributed by atoms with Crippen LogP contribution in [0.15, 0.2) is 66.7 Å². The third-order valence-corrected chi connectivity index (χ3v) is 6.05. The van der Waals surface area contributed by atoms with Crippen LogP contribution in [-0.4, -0.2) is 27.9 Å². The summed E-state index contributed by atoms with van der Waals surface area (Å²) >= 11 is 6.26. The van der Waals surface area contributed by atoms with Gasteiger partial charge in [-0.1, -0.05) is 54.1 Å². The van der Waals surface area contributed by atoms with Crippen LogP contribution in [0.3, 0.4) is 0 Å². The number of nitrogens with zero attached hydrogens (tertiary/aromatic N) is 2. The van der Waals surface area contributed by atoms with Gasteiger partial charge in [-0.2, -0.15) is 5.26 Å². The van der Waals surface area contributed by atoms with Crippen molar-refractivity contribution in [3.8, 4) is 17.2 Å². The quantitative estimate of drug-likeness (QED) is 0.575. The fraction of sp³-hybridized carbons (Fsp3) is 0.160. The highest BCUT2D eigenvalue weighted by Gasteiger charge is 2.43. The average Bonchev–Trinajstić information content (AvgIpc) is 3.24. The number of likely N-dealkylation sites (tertiary alicyclic amines) is 1. The van der Waals surface area contributed by atoms with E-state index in [0.29, 0.717) is 22.6 Å². The van der Waals surface area contributed by atoms with E-state index >= 15 is 0 Å². The highest BCUT2D eigenvalue weighted by Crippen LogP contribution is 2.39. The van der Waals surface area contributed by atoms with Crippen molar-refractivity contribution in [2.24, 2.45) is 0 Å². The lowest BCUT2D eigenvalue weighted by atomic mass is 9.98. The Morgan fingerprint density at radius 1 is 1.06 bits per heavy atom. The molecule has 0 aliphatic carbocycles. The predicted octanol–water partition coefficient (Wildman–Crippen LogP) is 5.45. The highest BCUT2D eigenvalue weighted by molar-refractivity contribution is 6.33. The first kappa shape index (κ1) is 21.5. The first-order valence-electron chi connectivity index (χ1n) is 10.0. The number of carbonyl (C=O) groups is 2. The maximum absolute atomic E-state index is 14.5. The molecule has 0 saturated carbocycles. The molecule has 1 fully saturated rings. The van der Waals surface area contributed by atoms with E-state index in [0.717, 1.165) is 0 Å². The topological polar surface area (TPSA) is 81.4 Å². The molecule has 1 heterocycles. The third-order valence-electron chi connectivity index (χ3n) is 5.72. The third kappa shape index (κ3) is 3.83. The number of carboxylic acid groups (broad SMARTS) is 1. The molecule has 1 aliphatic heterocycles. The van der Waals surface area contributed by atoms with Crippen LogP contribution in [0.1, 0.15) is 40.4 Å². The minimum atomic E-state index is -1.16. The number of amides is 1. The van der Waals surface area contributed by atoms with Gasteiger partial charge in [0, 0.05) is 16.1 Å². The molecule has 4 rings (SSSR count). The van der Waals surface area contributed by atoms with Crippen molar-refractivity contribution in [3.05, 3.63) is 94.3 Å². The second-order valence-electron chi connectivity index (χ2n) is 7.53. The number of hydrogen-bond acceptors (Lipinski definition) is 3. The molecule has 0 bridgehead atoms. The molecule has 7 heteroatoms. The number of halogens is 2. The molecule has 160 valence electrons. The maximum atomic E-state index is 14.5. The van der Waals surface area contributed by atoms with Crippen molar-refractivity contribution in [2.75, 3.05) is 0 Å². The molecule has 32 heavy (non-hydrogen) atoms. The standard InChI is InChI=1S/C25H18ClFN2O3/c26-20-7-3-1-5-17(20)15-9-10-18(16(13-15)14-28)24(30)29-22(11-12-23(29)25(31)32)19-6-2-4-8-21(19)27/h1-10,13,22-23H,11-12H2,(H,31,32)/t22-,23+/m1/s1. The molecule has 1 aliphatic rings. The van der Waals surface area contributed by atoms with Crippen molar-refractivity contribution in [3.63, 3.8) is 0 Å². The van der Waals surface area contributed by atoms with E-state index in [-0.39, 0.29) is 23.1 Å². The van der Waals surface area contributed by atoms with Gasteiger partial charge < -0.3 is 10.0 Å². The van der Waals surface area contributed by atoms with E-state index in [9.17, 15) is 24.3 Å². The molecular weight excluding hydrogens is 431 g/mol. The van der Waals surface area contributed by atoms with E-state index in [1.165, 1.54) is 23.1 Å². The Morgan fingerprint density at radius 3 is 2.47 bits per heavy atom. The predicted molar refractivity (Wildman–Crippen MR) is 118 cm³/mol. The summed E-state index contributed by atoms with van der Waals surface area (Å²) in [6.07, 6.45) is 0.503. The van der Waals surface area contributed by atoms with Crippen molar-refractivity contribution in [1.82, 2.24) is 4.90 Å². The average molecular weight is 449 g/mol. The lowest BCUT2D eigenvalue weighted by Gasteiger charge is -2.29. The van der Waals surface area contributed by atoms with Crippen molar-refractivity contribution >= 4 is 23.5 Å². The summed E-state index contributed by atoms with van der Waals surface area (Å²) in [5, 5.41) is 19.9. The summed E-state index contributed by atoms with van der Waals surface area (Å²) in [5.41, 5.74) is 1.79. The van der Waals surface area contributed by atoms with Crippen LogP contribution in [-0.2, 0) is 4.79 Å². The van der Waals surface area contributed by atoms with Crippen LogP contribution in [0.4, 0.5) is 4.39 Å². The number of aliphatic carboxylic acids is 1. The summed E-state index contributed by atoms with van der Waals surface area (Å²) in [7, 11) is 0. The summed E-state index contributed by atoms with van der Waals surface area (Å²) < 4.78 is 14.5. The van der Waals surface area contributed by atoms with Crippen molar-refractivity contribution in [1.29, 1.82) is 5.26 Å². The largest absolute Gasteiger partial charge is 0.480 e. The molecule has 0 radical (unpaired) electrons. The first-order valence-corrected chi connectivity index (χ1v) is 10.4. The van der Waals surface area contributed by atoms with Gasteiger partial charge in [0.1, 0.15) is 11.9 Å². The second kappa shape index (κ2) is 8.81. The molecule has 5 nitrogen and oxygen atoms in total. The van der Waals surface area contributed by atoms with Crippen LogP contribution in [0.5, 0.6) is 0 Å². The molecular formula is C25H18ClFN2O3. The van der Waals surface area contributed by atoms with E-state index < -0.39 is 29.8 Å². The van der Waals surface area contributed by atoms with Gasteiger partial charge >= 0.3 is 5.97 Å². The SMILES string of the molecule is N#Cc1cc(-c2ccccc2Cl)ccc1C(=O)N1[C@@H](c2ccccc2F)CC[C@H]1C(=O)O. The Kier molecular flexibility index (Phi) is 5.93. The molecule has 3 aromatic carbocycles. The van der Waals surface area contributed by atoms with Crippen LogP contribution in [0, 0.1) is 17.1 Å². The zero-order valence-corrected chi connectivity index (χ0v) is 17.6. The fourth-order valence-corrected chi connectivity index (χ4v) is 4.46. The van der Waals surface area contributed by atoms with Crippen LogP contribution in [0.25, 0.3) is 11.1 Å². The summed E-state index contributed by atoms with van der Waals surface area (Å²) in [5.74, 6) is -2.29. The minimum Gasteiger partial charge on any atom is -0.480 e. The second-order valence-corrected chi connectivity index (χ2v) is 7.94. The van der Waals surface area contributed by atoms with Gasteiger partial charge in [-0.3, -0.25) is 4.79 Å². The summed E-state index contributed by atoms with van der Waals surface area (Å²) in [6.45, 7) is 0. The van der Waals surface area contributed by atoms with Crippen molar-refractivity contribution in [2.45, 2.75) is 24.9 Å². The molecule has 2 atom stereocenters. The van der Waals surface area contributed by atoms with Gasteiger partial charge in [-0.15, -0.1) is 0 Å². The summed E-state index contributed by atoms with van der Waals surface area (Å²) in [6, 6.07) is 18.0. The molecule has 1 amide bonds. The van der Waals surface area contributed by atoms with Crippen LogP contribution in [0.2, 0.25) is 5.02 Å². The lowest BCUT2D eigenvalue weighted by molar-refractivity contribution is -0.141. The minimum absolute atomic E-state index is 0.0674. The van der Waals surface area contributed by atoms with Gasteiger partial charge in [-0.05, 0) is 42.7 Å². The molecule has 0 aromatic heterocycles. The van der Waals surface area contributed by atoms with E-state index in [1.54, 1.807) is 42.5 Å².